The quantitative estimate of drug-likeness (QED) is 0.596. The molecule has 140 valence electrons. The van der Waals surface area contributed by atoms with E-state index in [0.29, 0.717) is 11.6 Å². The van der Waals surface area contributed by atoms with E-state index in [9.17, 15) is 4.79 Å². The molecule has 3 aromatic rings. The first-order valence-electron chi connectivity index (χ1n) is 8.76. The second kappa shape index (κ2) is 9.06. The zero-order valence-corrected chi connectivity index (χ0v) is 16.8. The minimum absolute atomic E-state index is 0.0631. The molecule has 5 nitrogen and oxygen atoms in total. The topological polar surface area (TPSA) is 59.8 Å². The van der Waals surface area contributed by atoms with Crippen molar-refractivity contribution < 1.29 is 4.79 Å². The molecule has 0 saturated carbocycles. The maximum absolute atomic E-state index is 12.5. The summed E-state index contributed by atoms with van der Waals surface area (Å²) in [6.07, 6.45) is 0. The summed E-state index contributed by atoms with van der Waals surface area (Å²) in [5.41, 5.74) is 1.90. The van der Waals surface area contributed by atoms with Crippen LogP contribution in [-0.2, 0) is 17.9 Å². The summed E-state index contributed by atoms with van der Waals surface area (Å²) in [6.45, 7) is 5.04. The van der Waals surface area contributed by atoms with Gasteiger partial charge in [-0.05, 0) is 25.5 Å². The van der Waals surface area contributed by atoms with Gasteiger partial charge in [-0.2, -0.15) is 0 Å². The molecule has 1 N–H and O–H groups in total. The number of carbonyl (C=O) groups is 1. The van der Waals surface area contributed by atoms with E-state index < -0.39 is 0 Å². The van der Waals surface area contributed by atoms with Gasteiger partial charge in [0.2, 0.25) is 5.91 Å². The summed E-state index contributed by atoms with van der Waals surface area (Å²) in [6, 6.07) is 17.4. The van der Waals surface area contributed by atoms with Gasteiger partial charge in [-0.1, -0.05) is 71.9 Å². The summed E-state index contributed by atoms with van der Waals surface area (Å²) in [7, 11) is 0. The van der Waals surface area contributed by atoms with Crippen LogP contribution in [0, 0.1) is 0 Å². The number of aromatic nitrogens is 3. The summed E-state index contributed by atoms with van der Waals surface area (Å²) in [4.78, 5) is 12.5. The first-order chi connectivity index (χ1) is 13.1. The fourth-order valence-corrected chi connectivity index (χ4v) is 3.78. The Morgan fingerprint density at radius 3 is 2.56 bits per heavy atom. The van der Waals surface area contributed by atoms with E-state index in [1.165, 1.54) is 11.8 Å². The Kier molecular flexibility index (Phi) is 6.53. The van der Waals surface area contributed by atoms with Crippen LogP contribution in [0.2, 0.25) is 5.02 Å². The number of amides is 1. The molecule has 1 amide bonds. The molecule has 3 rings (SSSR count). The van der Waals surface area contributed by atoms with Crippen LogP contribution in [0.5, 0.6) is 0 Å². The van der Waals surface area contributed by atoms with E-state index in [2.05, 4.69) is 15.5 Å². The van der Waals surface area contributed by atoms with Gasteiger partial charge in [0.05, 0.1) is 5.25 Å². The molecule has 0 radical (unpaired) electrons. The molecular formula is C20H21ClN4OS. The van der Waals surface area contributed by atoms with Gasteiger partial charge < -0.3 is 9.88 Å². The van der Waals surface area contributed by atoms with Crippen LogP contribution in [0.4, 0.5) is 0 Å². The first-order valence-corrected chi connectivity index (χ1v) is 10.0. The Hall–Kier alpha value is -2.31. The smallest absolute Gasteiger partial charge is 0.233 e. The maximum Gasteiger partial charge on any atom is 0.233 e. The Morgan fingerprint density at radius 1 is 1.15 bits per heavy atom. The van der Waals surface area contributed by atoms with E-state index in [4.69, 9.17) is 11.6 Å². The Balaban J connectivity index is 1.67. The van der Waals surface area contributed by atoms with Gasteiger partial charge in [0.25, 0.3) is 0 Å². The summed E-state index contributed by atoms with van der Waals surface area (Å²) in [5, 5.41) is 12.6. The number of carbonyl (C=O) groups excluding carboxylic acids is 1. The van der Waals surface area contributed by atoms with Gasteiger partial charge in [0.15, 0.2) is 11.0 Å². The molecule has 0 aliphatic rings. The molecule has 1 atom stereocenters. The Morgan fingerprint density at radius 2 is 1.85 bits per heavy atom. The number of thioether (sulfide) groups is 1. The lowest BCUT2D eigenvalue weighted by atomic mass is 10.2. The minimum atomic E-state index is -0.300. The molecule has 0 bridgehead atoms. The number of nitrogens with zero attached hydrogens (tertiary/aromatic N) is 3. The fourth-order valence-electron chi connectivity index (χ4n) is 2.64. The third-order valence-corrected chi connectivity index (χ3v) is 5.58. The van der Waals surface area contributed by atoms with Gasteiger partial charge in [0, 0.05) is 23.7 Å². The fraction of sp³-hybridized carbons (Fsp3) is 0.250. The highest BCUT2D eigenvalue weighted by molar-refractivity contribution is 8.00. The number of hydrogen-bond donors (Lipinski definition) is 1. The van der Waals surface area contributed by atoms with Crippen molar-refractivity contribution in [2.75, 3.05) is 0 Å². The second-order valence-corrected chi connectivity index (χ2v) is 7.70. The number of nitrogens with one attached hydrogen (secondary N) is 1. The highest BCUT2D eigenvalue weighted by Crippen LogP contribution is 2.26. The number of rotatable bonds is 7. The monoisotopic (exact) mass is 400 g/mol. The minimum Gasteiger partial charge on any atom is -0.351 e. The lowest BCUT2D eigenvalue weighted by Crippen LogP contribution is -2.30. The van der Waals surface area contributed by atoms with Crippen LogP contribution in [0.1, 0.15) is 19.4 Å². The van der Waals surface area contributed by atoms with Crippen molar-refractivity contribution in [3.05, 3.63) is 65.2 Å². The van der Waals surface area contributed by atoms with E-state index >= 15 is 0 Å². The molecular weight excluding hydrogens is 380 g/mol. The van der Waals surface area contributed by atoms with Crippen LogP contribution in [0.3, 0.4) is 0 Å². The highest BCUT2D eigenvalue weighted by atomic mass is 35.5. The third-order valence-electron chi connectivity index (χ3n) is 4.13. The second-order valence-electron chi connectivity index (χ2n) is 5.99. The van der Waals surface area contributed by atoms with Crippen molar-refractivity contribution in [2.45, 2.75) is 37.3 Å². The molecule has 0 aliphatic heterocycles. The third kappa shape index (κ3) is 4.70. The number of halogens is 1. The lowest BCUT2D eigenvalue weighted by Gasteiger charge is -2.13. The molecule has 0 spiro atoms. The first kappa shape index (κ1) is 19.5. The molecule has 0 fully saturated rings. The SMILES string of the molecule is CCn1c(S[C@H](C)C(=O)NCc2ccccc2Cl)nnc1-c1ccccc1. The van der Waals surface area contributed by atoms with Crippen molar-refractivity contribution in [3.8, 4) is 11.4 Å². The molecule has 1 heterocycles. The zero-order chi connectivity index (χ0) is 19.2. The average molecular weight is 401 g/mol. The Labute approximate surface area is 168 Å². The number of benzene rings is 2. The van der Waals surface area contributed by atoms with Crippen LogP contribution >= 0.6 is 23.4 Å². The van der Waals surface area contributed by atoms with Crippen LogP contribution in [0.15, 0.2) is 59.8 Å². The lowest BCUT2D eigenvalue weighted by molar-refractivity contribution is -0.120. The van der Waals surface area contributed by atoms with Crippen LogP contribution in [0.25, 0.3) is 11.4 Å². The van der Waals surface area contributed by atoms with Gasteiger partial charge in [-0.3, -0.25) is 4.79 Å². The molecule has 27 heavy (non-hydrogen) atoms. The normalized spacial score (nSPS) is 12.0. The summed E-state index contributed by atoms with van der Waals surface area (Å²) < 4.78 is 2.03. The maximum atomic E-state index is 12.5. The van der Waals surface area contributed by atoms with Crippen LogP contribution < -0.4 is 5.32 Å². The molecule has 7 heteroatoms. The van der Waals surface area contributed by atoms with Crippen molar-refractivity contribution >= 4 is 29.3 Å². The average Bonchev–Trinajstić information content (AvgIpc) is 3.10. The predicted octanol–water partition coefficient (Wildman–Crippen LogP) is 4.42. The van der Waals surface area contributed by atoms with Gasteiger partial charge >= 0.3 is 0 Å². The predicted molar refractivity (Wildman–Crippen MR) is 110 cm³/mol. The molecule has 1 aromatic heterocycles. The zero-order valence-electron chi connectivity index (χ0n) is 15.2. The van der Waals surface area contributed by atoms with Crippen molar-refractivity contribution in [2.24, 2.45) is 0 Å². The molecule has 0 unspecified atom stereocenters. The van der Waals surface area contributed by atoms with Gasteiger partial charge in [-0.15, -0.1) is 10.2 Å². The van der Waals surface area contributed by atoms with Gasteiger partial charge in [0.1, 0.15) is 0 Å². The van der Waals surface area contributed by atoms with E-state index in [-0.39, 0.29) is 11.2 Å². The highest BCUT2D eigenvalue weighted by Gasteiger charge is 2.20. The van der Waals surface area contributed by atoms with Crippen molar-refractivity contribution in [3.63, 3.8) is 0 Å². The standard InChI is InChI=1S/C20H21ClN4OS/c1-3-25-18(15-9-5-4-6-10-15)23-24-20(25)27-14(2)19(26)22-13-16-11-7-8-12-17(16)21/h4-12,14H,3,13H2,1-2H3,(H,22,26)/t14-/m1/s1. The van der Waals surface area contributed by atoms with E-state index in [0.717, 1.165) is 28.7 Å². The molecule has 2 aromatic carbocycles. The summed E-state index contributed by atoms with van der Waals surface area (Å²) >= 11 is 7.54. The van der Waals surface area contributed by atoms with Crippen molar-refractivity contribution in [1.82, 2.24) is 20.1 Å². The number of hydrogen-bond acceptors (Lipinski definition) is 4. The van der Waals surface area contributed by atoms with E-state index in [1.54, 1.807) is 0 Å². The Bertz CT molecular complexity index is 913. The molecule has 0 saturated heterocycles. The largest absolute Gasteiger partial charge is 0.351 e. The molecule has 0 aliphatic carbocycles. The van der Waals surface area contributed by atoms with Gasteiger partial charge in [-0.25, -0.2) is 0 Å². The van der Waals surface area contributed by atoms with Crippen LogP contribution in [-0.4, -0.2) is 25.9 Å². The summed E-state index contributed by atoms with van der Waals surface area (Å²) in [5.74, 6) is 0.746. The van der Waals surface area contributed by atoms with Crippen molar-refractivity contribution in [1.29, 1.82) is 0 Å². The van der Waals surface area contributed by atoms with E-state index in [1.807, 2.05) is 73.0 Å².